The summed E-state index contributed by atoms with van der Waals surface area (Å²) in [6, 6.07) is 46.0. The topological polar surface area (TPSA) is 90.5 Å². The number of benzene rings is 5. The Morgan fingerprint density at radius 1 is 0.426 bits per heavy atom. The minimum Gasteiger partial charge on any atom is -0.454 e. The van der Waals surface area contributed by atoms with Crippen molar-refractivity contribution in [2.45, 2.75) is 0 Å². The van der Waals surface area contributed by atoms with Crippen LogP contribution in [-0.2, 0) is 0 Å². The maximum absolute atomic E-state index is 6.41. The van der Waals surface area contributed by atoms with Gasteiger partial charge in [0.1, 0.15) is 17.0 Å². The maximum atomic E-state index is 6.41. The molecule has 7 heteroatoms. The first kappa shape index (κ1) is 26.8. The van der Waals surface area contributed by atoms with Crippen molar-refractivity contribution in [2.24, 2.45) is 0 Å². The van der Waals surface area contributed by atoms with Gasteiger partial charge in [0, 0.05) is 44.6 Å². The first-order chi connectivity index (χ1) is 23.3. The molecule has 4 aromatic heterocycles. The van der Waals surface area contributed by atoms with Crippen LogP contribution in [0, 0.1) is 0 Å². The fraction of sp³-hybridized carbons (Fsp3) is 0. The van der Waals surface area contributed by atoms with E-state index in [1.54, 1.807) is 0 Å². The summed E-state index contributed by atoms with van der Waals surface area (Å²) < 4.78 is 6.41. The van der Waals surface area contributed by atoms with Crippen LogP contribution in [0.2, 0.25) is 0 Å². The van der Waals surface area contributed by atoms with Gasteiger partial charge >= 0.3 is 0 Å². The van der Waals surface area contributed by atoms with E-state index in [2.05, 4.69) is 11.1 Å². The highest BCUT2D eigenvalue weighted by Crippen LogP contribution is 2.37. The van der Waals surface area contributed by atoms with Crippen molar-refractivity contribution in [3.8, 4) is 56.9 Å². The van der Waals surface area contributed by atoms with E-state index in [0.29, 0.717) is 40.3 Å². The molecule has 0 bridgehead atoms. The molecule has 0 atom stereocenters. The quantitative estimate of drug-likeness (QED) is 0.193. The Morgan fingerprint density at radius 3 is 1.70 bits per heavy atom. The molecule has 0 saturated carbocycles. The van der Waals surface area contributed by atoms with Crippen LogP contribution in [0.25, 0.3) is 89.8 Å². The molecule has 5 aromatic carbocycles. The van der Waals surface area contributed by atoms with E-state index in [-0.39, 0.29) is 0 Å². The number of hydrogen-bond donors (Lipinski definition) is 0. The predicted octanol–water partition coefficient (Wildman–Crippen LogP) is 9.44. The lowest BCUT2D eigenvalue weighted by atomic mass is 10.0. The molecule has 0 radical (unpaired) electrons. The number of para-hydroxylation sites is 2. The van der Waals surface area contributed by atoms with Gasteiger partial charge in [-0.15, -0.1) is 0 Å². The van der Waals surface area contributed by atoms with E-state index in [4.69, 9.17) is 29.3 Å². The second-order valence-corrected chi connectivity index (χ2v) is 11.2. The van der Waals surface area contributed by atoms with Crippen molar-refractivity contribution in [3.05, 3.63) is 146 Å². The summed E-state index contributed by atoms with van der Waals surface area (Å²) in [4.78, 5) is 29.2. The molecule has 220 valence electrons. The molecule has 0 aliphatic rings. The van der Waals surface area contributed by atoms with Crippen LogP contribution in [0.15, 0.2) is 150 Å². The van der Waals surface area contributed by atoms with Crippen molar-refractivity contribution in [2.75, 3.05) is 0 Å². The Hall–Kier alpha value is -6.60. The largest absolute Gasteiger partial charge is 0.454 e. The van der Waals surface area contributed by atoms with Gasteiger partial charge in [-0.1, -0.05) is 121 Å². The highest BCUT2D eigenvalue weighted by atomic mass is 16.3. The third-order valence-electron chi connectivity index (χ3n) is 8.20. The zero-order chi connectivity index (χ0) is 31.2. The van der Waals surface area contributed by atoms with E-state index >= 15 is 0 Å². The molecule has 0 aliphatic carbocycles. The number of pyridine rings is 1. The molecule has 47 heavy (non-hydrogen) atoms. The van der Waals surface area contributed by atoms with Crippen molar-refractivity contribution in [1.82, 2.24) is 29.9 Å². The summed E-state index contributed by atoms with van der Waals surface area (Å²) in [6.07, 6.45) is 1.84. The molecular weight excluding hydrogens is 580 g/mol. The highest BCUT2D eigenvalue weighted by Gasteiger charge is 2.19. The first-order valence-corrected chi connectivity index (χ1v) is 15.3. The number of nitrogens with zero attached hydrogens (tertiary/aromatic N) is 6. The van der Waals surface area contributed by atoms with Crippen molar-refractivity contribution in [1.29, 1.82) is 0 Å². The Bertz CT molecular complexity index is 2510. The fourth-order valence-corrected chi connectivity index (χ4v) is 5.85. The van der Waals surface area contributed by atoms with Crippen molar-refractivity contribution in [3.63, 3.8) is 0 Å². The summed E-state index contributed by atoms with van der Waals surface area (Å²) in [6.45, 7) is 0. The van der Waals surface area contributed by atoms with Crippen LogP contribution in [0.5, 0.6) is 0 Å². The molecule has 4 heterocycles. The van der Waals surface area contributed by atoms with Crippen LogP contribution in [0.4, 0.5) is 0 Å². The zero-order valence-electron chi connectivity index (χ0n) is 24.9. The van der Waals surface area contributed by atoms with Crippen LogP contribution >= 0.6 is 0 Å². The predicted molar refractivity (Wildman–Crippen MR) is 185 cm³/mol. The second kappa shape index (κ2) is 11.1. The number of rotatable bonds is 5. The standard InChI is InChI=1S/C40H24N6O/c1-3-11-26(12-4-1)37-44-38(27-13-5-2-6-14-27)46-39(45-37)28-21-19-25(20-22-28)35-36-31(30-16-8-10-18-34(30)47-36)23-33(42-35)40-41-24-29-15-7-9-17-32(29)43-40/h1-24H. The normalized spacial score (nSPS) is 11.4. The van der Waals surface area contributed by atoms with Gasteiger partial charge in [-0.2, -0.15) is 0 Å². The van der Waals surface area contributed by atoms with E-state index in [0.717, 1.165) is 49.5 Å². The highest BCUT2D eigenvalue weighted by molar-refractivity contribution is 6.09. The van der Waals surface area contributed by atoms with Gasteiger partial charge in [0.15, 0.2) is 28.9 Å². The number of aromatic nitrogens is 6. The van der Waals surface area contributed by atoms with E-state index < -0.39 is 0 Å². The molecule has 9 aromatic rings. The summed E-state index contributed by atoms with van der Waals surface area (Å²) in [5.74, 6) is 2.38. The summed E-state index contributed by atoms with van der Waals surface area (Å²) >= 11 is 0. The molecule has 0 saturated heterocycles. The Morgan fingerprint density at radius 2 is 1.00 bits per heavy atom. The monoisotopic (exact) mass is 604 g/mol. The Kier molecular flexibility index (Phi) is 6.31. The fourth-order valence-electron chi connectivity index (χ4n) is 5.85. The molecular formula is C40H24N6O. The third kappa shape index (κ3) is 4.87. The number of furan rings is 1. The minimum absolute atomic E-state index is 0.556. The van der Waals surface area contributed by atoms with Gasteiger partial charge in [-0.05, 0) is 18.2 Å². The minimum atomic E-state index is 0.556. The summed E-state index contributed by atoms with van der Waals surface area (Å²) in [7, 11) is 0. The lowest BCUT2D eigenvalue weighted by Crippen LogP contribution is -2.00. The SMILES string of the molecule is c1ccc(-c2nc(-c3ccccc3)nc(-c3ccc(-c4nc(-c5ncc6ccccc6n5)cc5c4oc4ccccc45)cc3)n2)cc1. The van der Waals surface area contributed by atoms with Crippen LogP contribution < -0.4 is 0 Å². The number of hydrogen-bond acceptors (Lipinski definition) is 7. The number of fused-ring (bicyclic) bond motifs is 4. The van der Waals surface area contributed by atoms with Crippen LogP contribution in [-0.4, -0.2) is 29.9 Å². The van der Waals surface area contributed by atoms with Crippen molar-refractivity contribution < 1.29 is 4.42 Å². The third-order valence-corrected chi connectivity index (χ3v) is 8.20. The molecule has 9 rings (SSSR count). The summed E-state index contributed by atoms with van der Waals surface area (Å²) in [5, 5.41) is 2.95. The molecule has 0 aliphatic heterocycles. The lowest BCUT2D eigenvalue weighted by Gasteiger charge is -2.10. The summed E-state index contributed by atoms with van der Waals surface area (Å²) in [5.41, 5.74) is 7.36. The molecule has 0 amide bonds. The van der Waals surface area contributed by atoms with Crippen LogP contribution in [0.1, 0.15) is 0 Å². The Labute approximate surface area is 269 Å². The van der Waals surface area contributed by atoms with E-state index in [1.165, 1.54) is 0 Å². The Balaban J connectivity index is 1.19. The van der Waals surface area contributed by atoms with Gasteiger partial charge < -0.3 is 4.42 Å². The van der Waals surface area contributed by atoms with Gasteiger partial charge in [0.2, 0.25) is 0 Å². The molecule has 0 spiro atoms. The van der Waals surface area contributed by atoms with Crippen molar-refractivity contribution >= 4 is 32.8 Å². The molecule has 7 nitrogen and oxygen atoms in total. The molecule has 0 N–H and O–H groups in total. The average Bonchev–Trinajstić information content (AvgIpc) is 3.53. The maximum Gasteiger partial charge on any atom is 0.178 e. The first-order valence-electron chi connectivity index (χ1n) is 15.3. The van der Waals surface area contributed by atoms with Gasteiger partial charge in [0.25, 0.3) is 0 Å². The zero-order valence-corrected chi connectivity index (χ0v) is 24.9. The lowest BCUT2D eigenvalue weighted by molar-refractivity contribution is 0.668. The van der Waals surface area contributed by atoms with Crippen LogP contribution in [0.3, 0.4) is 0 Å². The van der Waals surface area contributed by atoms with Gasteiger partial charge in [0.05, 0.1) is 5.52 Å². The average molecular weight is 605 g/mol. The molecule has 0 fully saturated rings. The molecule has 0 unspecified atom stereocenters. The van der Waals surface area contributed by atoms with Gasteiger partial charge in [-0.25, -0.2) is 29.9 Å². The van der Waals surface area contributed by atoms with E-state index in [9.17, 15) is 0 Å². The van der Waals surface area contributed by atoms with Gasteiger partial charge in [-0.3, -0.25) is 0 Å². The van der Waals surface area contributed by atoms with E-state index in [1.807, 2.05) is 140 Å². The smallest absolute Gasteiger partial charge is 0.178 e. The second-order valence-electron chi connectivity index (χ2n) is 11.2.